The molecule has 1 aromatic carbocycles. The van der Waals surface area contributed by atoms with Gasteiger partial charge in [-0.15, -0.1) is 0 Å². The standard InChI is InChI=1S/C16H24N2O2/c1-20-10-9-16(7-8-16)12-18-15(19)14(17)11-13-5-3-2-4-6-13/h2-6,14H,7-12,17H2,1H3,(H,18,19)/t14-/m0/s1. The molecule has 1 fully saturated rings. The predicted octanol–water partition coefficient (Wildman–Crippen LogP) is 1.49. The Morgan fingerprint density at radius 3 is 2.70 bits per heavy atom. The van der Waals surface area contributed by atoms with Gasteiger partial charge in [0.1, 0.15) is 0 Å². The van der Waals surface area contributed by atoms with Crippen LogP contribution in [0.4, 0.5) is 0 Å². The molecule has 0 unspecified atom stereocenters. The van der Waals surface area contributed by atoms with E-state index in [1.807, 2.05) is 30.3 Å². The van der Waals surface area contributed by atoms with Gasteiger partial charge in [0.05, 0.1) is 6.04 Å². The molecule has 0 heterocycles. The van der Waals surface area contributed by atoms with Gasteiger partial charge in [-0.2, -0.15) is 0 Å². The first-order valence-electron chi connectivity index (χ1n) is 7.21. The Morgan fingerprint density at radius 2 is 2.10 bits per heavy atom. The molecular weight excluding hydrogens is 252 g/mol. The van der Waals surface area contributed by atoms with Gasteiger partial charge in [0.25, 0.3) is 0 Å². The van der Waals surface area contributed by atoms with Crippen molar-refractivity contribution in [2.45, 2.75) is 31.7 Å². The zero-order valence-electron chi connectivity index (χ0n) is 12.1. The fourth-order valence-corrected chi connectivity index (χ4v) is 2.38. The van der Waals surface area contributed by atoms with Gasteiger partial charge in [0.2, 0.25) is 5.91 Å². The SMILES string of the molecule is COCCC1(CNC(=O)[C@@H](N)Cc2ccccc2)CC1. The monoisotopic (exact) mass is 276 g/mol. The molecule has 1 amide bonds. The van der Waals surface area contributed by atoms with E-state index in [0.717, 1.165) is 25.1 Å². The Bertz CT molecular complexity index is 429. The summed E-state index contributed by atoms with van der Waals surface area (Å²) < 4.78 is 5.11. The van der Waals surface area contributed by atoms with Crippen LogP contribution < -0.4 is 11.1 Å². The first-order valence-corrected chi connectivity index (χ1v) is 7.21. The zero-order chi connectivity index (χ0) is 14.4. The highest BCUT2D eigenvalue weighted by Crippen LogP contribution is 2.48. The quantitative estimate of drug-likeness (QED) is 0.756. The van der Waals surface area contributed by atoms with Crippen molar-refractivity contribution in [1.29, 1.82) is 0 Å². The summed E-state index contributed by atoms with van der Waals surface area (Å²) in [5, 5.41) is 2.99. The van der Waals surface area contributed by atoms with Crippen molar-refractivity contribution in [2.24, 2.45) is 11.1 Å². The van der Waals surface area contributed by atoms with Crippen LogP contribution in [-0.4, -0.2) is 32.2 Å². The second kappa shape index (κ2) is 6.86. The summed E-state index contributed by atoms with van der Waals surface area (Å²) in [6, 6.07) is 9.40. The van der Waals surface area contributed by atoms with Crippen LogP contribution in [0.25, 0.3) is 0 Å². The minimum Gasteiger partial charge on any atom is -0.385 e. The average Bonchev–Trinajstić information content (AvgIpc) is 3.24. The van der Waals surface area contributed by atoms with Crippen molar-refractivity contribution in [3.8, 4) is 0 Å². The van der Waals surface area contributed by atoms with Gasteiger partial charge in [0, 0.05) is 20.3 Å². The normalized spacial score (nSPS) is 17.5. The van der Waals surface area contributed by atoms with E-state index in [0.29, 0.717) is 6.42 Å². The number of carbonyl (C=O) groups excluding carboxylic acids is 1. The number of methoxy groups -OCH3 is 1. The summed E-state index contributed by atoms with van der Waals surface area (Å²) in [6.45, 7) is 1.48. The van der Waals surface area contributed by atoms with Crippen LogP contribution in [-0.2, 0) is 16.0 Å². The van der Waals surface area contributed by atoms with E-state index in [9.17, 15) is 4.79 Å². The van der Waals surface area contributed by atoms with Crippen LogP contribution in [0.3, 0.4) is 0 Å². The highest BCUT2D eigenvalue weighted by Gasteiger charge is 2.42. The third-order valence-corrected chi connectivity index (χ3v) is 4.07. The number of nitrogens with one attached hydrogen (secondary N) is 1. The predicted molar refractivity (Wildman–Crippen MR) is 79.3 cm³/mol. The summed E-state index contributed by atoms with van der Waals surface area (Å²) in [6.07, 6.45) is 3.94. The van der Waals surface area contributed by atoms with Crippen molar-refractivity contribution < 1.29 is 9.53 Å². The van der Waals surface area contributed by atoms with Gasteiger partial charge in [-0.3, -0.25) is 4.79 Å². The molecule has 1 saturated carbocycles. The molecule has 1 atom stereocenters. The summed E-state index contributed by atoms with van der Waals surface area (Å²) in [5.41, 5.74) is 7.32. The third kappa shape index (κ3) is 4.32. The Hall–Kier alpha value is -1.39. The van der Waals surface area contributed by atoms with Gasteiger partial charge < -0.3 is 15.8 Å². The summed E-state index contributed by atoms with van der Waals surface area (Å²) in [4.78, 5) is 12.0. The molecule has 0 spiro atoms. The van der Waals surface area contributed by atoms with E-state index in [2.05, 4.69) is 5.32 Å². The van der Waals surface area contributed by atoms with Crippen molar-refractivity contribution in [2.75, 3.05) is 20.3 Å². The molecule has 0 aliphatic heterocycles. The van der Waals surface area contributed by atoms with Crippen molar-refractivity contribution in [3.63, 3.8) is 0 Å². The van der Waals surface area contributed by atoms with Crippen molar-refractivity contribution >= 4 is 5.91 Å². The molecule has 0 aromatic heterocycles. The smallest absolute Gasteiger partial charge is 0.237 e. The van der Waals surface area contributed by atoms with Crippen molar-refractivity contribution in [1.82, 2.24) is 5.32 Å². The Morgan fingerprint density at radius 1 is 1.40 bits per heavy atom. The number of hydrogen-bond donors (Lipinski definition) is 2. The second-order valence-corrected chi connectivity index (χ2v) is 5.76. The number of hydrogen-bond acceptors (Lipinski definition) is 3. The molecule has 0 radical (unpaired) electrons. The fraction of sp³-hybridized carbons (Fsp3) is 0.562. The summed E-state index contributed by atoms with van der Waals surface area (Å²) >= 11 is 0. The highest BCUT2D eigenvalue weighted by atomic mass is 16.5. The Kier molecular flexibility index (Phi) is 5.15. The number of carbonyl (C=O) groups is 1. The van der Waals surface area contributed by atoms with Gasteiger partial charge >= 0.3 is 0 Å². The fourth-order valence-electron chi connectivity index (χ4n) is 2.38. The van der Waals surface area contributed by atoms with E-state index < -0.39 is 6.04 Å². The maximum Gasteiger partial charge on any atom is 0.237 e. The molecule has 3 N–H and O–H groups in total. The van der Waals surface area contributed by atoms with Crippen LogP contribution in [0.5, 0.6) is 0 Å². The van der Waals surface area contributed by atoms with E-state index >= 15 is 0 Å². The van der Waals surface area contributed by atoms with Crippen LogP contribution in [0.15, 0.2) is 30.3 Å². The maximum absolute atomic E-state index is 12.0. The number of ether oxygens (including phenoxy) is 1. The van der Waals surface area contributed by atoms with Crippen LogP contribution >= 0.6 is 0 Å². The average molecular weight is 276 g/mol. The van der Waals surface area contributed by atoms with Gasteiger partial charge in [0.15, 0.2) is 0 Å². The maximum atomic E-state index is 12.0. The molecule has 1 aliphatic carbocycles. The van der Waals surface area contributed by atoms with Gasteiger partial charge in [-0.05, 0) is 36.7 Å². The minimum atomic E-state index is -0.476. The molecule has 2 rings (SSSR count). The first-order chi connectivity index (χ1) is 9.65. The Labute approximate surface area is 120 Å². The van der Waals surface area contributed by atoms with E-state index in [4.69, 9.17) is 10.5 Å². The molecular formula is C16H24N2O2. The van der Waals surface area contributed by atoms with E-state index in [-0.39, 0.29) is 11.3 Å². The summed E-state index contributed by atoms with van der Waals surface area (Å²) in [7, 11) is 1.71. The first kappa shape index (κ1) is 15.0. The molecule has 1 aromatic rings. The number of benzene rings is 1. The Balaban J connectivity index is 1.74. The van der Waals surface area contributed by atoms with Crippen molar-refractivity contribution in [3.05, 3.63) is 35.9 Å². The minimum absolute atomic E-state index is 0.0578. The van der Waals surface area contributed by atoms with Crippen LogP contribution in [0, 0.1) is 5.41 Å². The highest BCUT2D eigenvalue weighted by molar-refractivity contribution is 5.81. The number of amides is 1. The summed E-state index contributed by atoms with van der Waals surface area (Å²) in [5.74, 6) is -0.0578. The van der Waals surface area contributed by atoms with E-state index in [1.54, 1.807) is 7.11 Å². The van der Waals surface area contributed by atoms with Crippen LogP contribution in [0.1, 0.15) is 24.8 Å². The lowest BCUT2D eigenvalue weighted by Crippen LogP contribution is -2.44. The second-order valence-electron chi connectivity index (χ2n) is 5.76. The zero-order valence-corrected chi connectivity index (χ0v) is 12.1. The largest absolute Gasteiger partial charge is 0.385 e. The lowest BCUT2D eigenvalue weighted by Gasteiger charge is -2.18. The number of nitrogens with two attached hydrogens (primary N) is 1. The molecule has 20 heavy (non-hydrogen) atoms. The molecule has 1 aliphatic rings. The molecule has 4 nitrogen and oxygen atoms in total. The third-order valence-electron chi connectivity index (χ3n) is 4.07. The van der Waals surface area contributed by atoms with Gasteiger partial charge in [-0.1, -0.05) is 30.3 Å². The number of rotatable bonds is 8. The van der Waals surface area contributed by atoms with Gasteiger partial charge in [-0.25, -0.2) is 0 Å². The lowest BCUT2D eigenvalue weighted by molar-refractivity contribution is -0.122. The molecule has 0 saturated heterocycles. The van der Waals surface area contributed by atoms with Crippen LogP contribution in [0.2, 0.25) is 0 Å². The lowest BCUT2D eigenvalue weighted by atomic mass is 10.0. The molecule has 0 bridgehead atoms. The topological polar surface area (TPSA) is 64.3 Å². The van der Waals surface area contributed by atoms with E-state index in [1.165, 1.54) is 12.8 Å². The molecule has 110 valence electrons. The molecule has 4 heteroatoms.